The molecule has 0 radical (unpaired) electrons. The average Bonchev–Trinajstić information content (AvgIpc) is 2.89. The van der Waals surface area contributed by atoms with Gasteiger partial charge < -0.3 is 5.32 Å². The van der Waals surface area contributed by atoms with Crippen LogP contribution in [0.4, 0.5) is 0 Å². The molecule has 1 amide bonds. The van der Waals surface area contributed by atoms with Crippen molar-refractivity contribution >= 4 is 16.8 Å². The second kappa shape index (κ2) is 12.1. The maximum absolute atomic E-state index is 13.2. The number of hydrogen-bond acceptors (Lipinski definition) is 4. The zero-order valence-corrected chi connectivity index (χ0v) is 19.8. The van der Waals surface area contributed by atoms with Gasteiger partial charge in [-0.1, -0.05) is 61.9 Å². The molecule has 0 aliphatic rings. The summed E-state index contributed by atoms with van der Waals surface area (Å²) in [5, 5.41) is 4.00. The molecule has 0 fully saturated rings. The average molecular weight is 453 g/mol. The van der Waals surface area contributed by atoms with E-state index in [2.05, 4.69) is 52.5 Å². The number of para-hydroxylation sites is 1. The zero-order chi connectivity index (χ0) is 23.6. The second-order valence-electron chi connectivity index (χ2n) is 8.54. The smallest absolute Gasteiger partial charge is 0.252 e. The Balaban J connectivity index is 1.41. The van der Waals surface area contributed by atoms with Gasteiger partial charge in [0.05, 0.1) is 16.8 Å². The third-order valence-electron chi connectivity index (χ3n) is 5.93. The highest BCUT2D eigenvalue weighted by Gasteiger charge is 2.14. The lowest BCUT2D eigenvalue weighted by Crippen LogP contribution is -2.30. The van der Waals surface area contributed by atoms with E-state index in [4.69, 9.17) is 4.98 Å². The van der Waals surface area contributed by atoms with Crippen LogP contribution in [-0.4, -0.2) is 40.4 Å². The molecule has 0 aliphatic heterocycles. The normalized spacial score (nSPS) is 11.1. The summed E-state index contributed by atoms with van der Waals surface area (Å²) in [5.41, 5.74) is 4.44. The van der Waals surface area contributed by atoms with Crippen LogP contribution in [0.1, 0.15) is 42.1 Å². The van der Waals surface area contributed by atoms with Crippen LogP contribution < -0.4 is 5.32 Å². The van der Waals surface area contributed by atoms with Crippen molar-refractivity contribution in [2.45, 2.75) is 32.7 Å². The number of hydrogen-bond donors (Lipinski definition) is 1. The predicted octanol–water partition coefficient (Wildman–Crippen LogP) is 5.72. The summed E-state index contributed by atoms with van der Waals surface area (Å²) in [4.78, 5) is 24.6. The fraction of sp³-hybridized carbons (Fsp3) is 0.276. The second-order valence-corrected chi connectivity index (χ2v) is 8.54. The number of amides is 1. The summed E-state index contributed by atoms with van der Waals surface area (Å²) < 4.78 is 0. The molecule has 0 aliphatic carbocycles. The van der Waals surface area contributed by atoms with E-state index in [0.29, 0.717) is 12.1 Å². The van der Waals surface area contributed by atoms with Gasteiger partial charge in [0.2, 0.25) is 0 Å². The minimum absolute atomic E-state index is 0.0630. The van der Waals surface area contributed by atoms with Crippen LogP contribution in [0, 0.1) is 0 Å². The van der Waals surface area contributed by atoms with E-state index in [9.17, 15) is 4.79 Å². The lowest BCUT2D eigenvalue weighted by molar-refractivity contribution is 0.0953. The van der Waals surface area contributed by atoms with Crippen LogP contribution in [-0.2, 0) is 6.54 Å². The number of carbonyl (C=O) groups is 1. The first-order chi connectivity index (χ1) is 16.7. The fourth-order valence-electron chi connectivity index (χ4n) is 4.12. The molecule has 5 heteroatoms. The molecule has 34 heavy (non-hydrogen) atoms. The molecule has 0 spiro atoms. The molecule has 0 saturated heterocycles. The Morgan fingerprint density at radius 1 is 0.941 bits per heavy atom. The van der Waals surface area contributed by atoms with Gasteiger partial charge in [0.25, 0.3) is 5.91 Å². The van der Waals surface area contributed by atoms with Crippen molar-refractivity contribution in [2.75, 3.05) is 19.6 Å². The molecule has 0 bridgehead atoms. The van der Waals surface area contributed by atoms with E-state index in [-0.39, 0.29) is 5.91 Å². The molecule has 1 N–H and O–H groups in total. The van der Waals surface area contributed by atoms with E-state index in [1.165, 1.54) is 18.4 Å². The van der Waals surface area contributed by atoms with Gasteiger partial charge >= 0.3 is 0 Å². The quantitative estimate of drug-likeness (QED) is 0.296. The van der Waals surface area contributed by atoms with Crippen molar-refractivity contribution in [3.63, 3.8) is 0 Å². The summed E-state index contributed by atoms with van der Waals surface area (Å²) in [6.07, 6.45) is 6.77. The number of nitrogens with one attached hydrogen (secondary N) is 1. The Labute approximate surface area is 201 Å². The van der Waals surface area contributed by atoms with Crippen LogP contribution in [0.2, 0.25) is 0 Å². The van der Waals surface area contributed by atoms with Crippen molar-refractivity contribution in [2.24, 2.45) is 0 Å². The molecule has 4 aromatic rings. The maximum Gasteiger partial charge on any atom is 0.252 e. The first-order valence-electron chi connectivity index (χ1n) is 12.1. The molecular weight excluding hydrogens is 420 g/mol. The molecule has 2 aromatic carbocycles. The van der Waals surface area contributed by atoms with E-state index in [0.717, 1.165) is 48.2 Å². The molecule has 2 heterocycles. The van der Waals surface area contributed by atoms with Gasteiger partial charge in [-0.3, -0.25) is 14.7 Å². The number of pyridine rings is 2. The first-order valence-corrected chi connectivity index (χ1v) is 12.1. The van der Waals surface area contributed by atoms with E-state index in [1.54, 1.807) is 12.4 Å². The summed E-state index contributed by atoms with van der Waals surface area (Å²) in [6, 6.07) is 24.1. The van der Waals surface area contributed by atoms with Gasteiger partial charge in [-0.05, 0) is 49.2 Å². The van der Waals surface area contributed by atoms with Crippen molar-refractivity contribution in [3.8, 4) is 11.3 Å². The Morgan fingerprint density at radius 2 is 1.74 bits per heavy atom. The van der Waals surface area contributed by atoms with Crippen molar-refractivity contribution in [1.29, 1.82) is 0 Å². The van der Waals surface area contributed by atoms with Crippen LogP contribution >= 0.6 is 0 Å². The highest BCUT2D eigenvalue weighted by Crippen LogP contribution is 2.24. The van der Waals surface area contributed by atoms with E-state index in [1.807, 2.05) is 42.5 Å². The summed E-state index contributed by atoms with van der Waals surface area (Å²) in [7, 11) is 0. The van der Waals surface area contributed by atoms with E-state index < -0.39 is 0 Å². The van der Waals surface area contributed by atoms with Crippen LogP contribution in [0.25, 0.3) is 22.2 Å². The molecule has 5 nitrogen and oxygen atoms in total. The molecule has 0 saturated carbocycles. The van der Waals surface area contributed by atoms with E-state index >= 15 is 0 Å². The lowest BCUT2D eigenvalue weighted by Gasteiger charge is -2.22. The van der Waals surface area contributed by atoms with Crippen LogP contribution in [0.15, 0.2) is 85.2 Å². The van der Waals surface area contributed by atoms with Gasteiger partial charge in [0.1, 0.15) is 0 Å². The number of fused-ring (bicyclic) bond motifs is 1. The van der Waals surface area contributed by atoms with Crippen molar-refractivity contribution in [3.05, 3.63) is 96.3 Å². The molecule has 2 aromatic heterocycles. The first kappa shape index (κ1) is 23.6. The Hall–Kier alpha value is -3.57. The summed E-state index contributed by atoms with van der Waals surface area (Å²) >= 11 is 0. The van der Waals surface area contributed by atoms with Crippen LogP contribution in [0.5, 0.6) is 0 Å². The number of rotatable bonds is 11. The topological polar surface area (TPSA) is 58.1 Å². The third-order valence-corrected chi connectivity index (χ3v) is 5.93. The number of benzene rings is 2. The Morgan fingerprint density at radius 3 is 2.53 bits per heavy atom. The minimum Gasteiger partial charge on any atom is -0.352 e. The highest BCUT2D eigenvalue weighted by molar-refractivity contribution is 6.07. The highest BCUT2D eigenvalue weighted by atomic mass is 16.1. The Bertz CT molecular complexity index is 1190. The van der Waals surface area contributed by atoms with Gasteiger partial charge in [0, 0.05) is 43.0 Å². The summed E-state index contributed by atoms with van der Waals surface area (Å²) in [5.74, 6) is -0.0630. The van der Waals surface area contributed by atoms with Gasteiger partial charge in [-0.2, -0.15) is 0 Å². The number of nitrogens with zero attached hydrogens (tertiary/aromatic N) is 3. The maximum atomic E-state index is 13.2. The lowest BCUT2D eigenvalue weighted by atomic mass is 10.0. The molecular formula is C29H32N4O. The Kier molecular flexibility index (Phi) is 8.36. The number of unbranched alkanes of at least 4 members (excludes halogenated alkanes) is 1. The van der Waals surface area contributed by atoms with Crippen molar-refractivity contribution < 1.29 is 4.79 Å². The van der Waals surface area contributed by atoms with Gasteiger partial charge in [-0.25, -0.2) is 4.98 Å². The number of carbonyl (C=O) groups excluding carboxylic acids is 1. The molecule has 174 valence electrons. The van der Waals surface area contributed by atoms with Gasteiger partial charge in [0.15, 0.2) is 0 Å². The molecule has 0 atom stereocenters. The fourth-order valence-corrected chi connectivity index (χ4v) is 4.12. The summed E-state index contributed by atoms with van der Waals surface area (Å²) in [6.45, 7) is 5.82. The van der Waals surface area contributed by atoms with Gasteiger partial charge in [-0.15, -0.1) is 0 Å². The number of aromatic nitrogens is 2. The minimum atomic E-state index is -0.0630. The predicted molar refractivity (Wildman–Crippen MR) is 139 cm³/mol. The molecule has 4 rings (SSSR count). The third kappa shape index (κ3) is 6.27. The molecule has 0 unspecified atom stereocenters. The van der Waals surface area contributed by atoms with Crippen LogP contribution in [0.3, 0.4) is 0 Å². The van der Waals surface area contributed by atoms with Crippen molar-refractivity contribution in [1.82, 2.24) is 20.2 Å². The SMILES string of the molecule is CCCCN(CCCNC(=O)c1cc(-c2cccnc2)nc2ccccc12)Cc1ccccc1. The standard InChI is InChI=1S/C29H32N4O/c1-2-3-18-33(22-23-11-5-4-6-12-23)19-10-17-31-29(34)26-20-28(24-13-9-16-30-21-24)32-27-15-8-7-14-25(26)27/h4-9,11-16,20-21H,2-3,10,17-19,22H2,1H3,(H,31,34). The largest absolute Gasteiger partial charge is 0.352 e. The zero-order valence-electron chi connectivity index (χ0n) is 19.8. The monoisotopic (exact) mass is 452 g/mol.